The van der Waals surface area contributed by atoms with Crippen LogP contribution in [0.2, 0.25) is 6.04 Å². The Labute approximate surface area is 108 Å². The molecule has 0 amide bonds. The molecule has 0 saturated heterocycles. The fourth-order valence-corrected chi connectivity index (χ4v) is 3.05. The topological polar surface area (TPSA) is 56.5 Å². The lowest BCUT2D eigenvalue weighted by atomic mass is 10.2. The predicted molar refractivity (Wildman–Crippen MR) is 75.6 cm³/mol. The van der Waals surface area contributed by atoms with Crippen molar-refractivity contribution >= 4 is 9.28 Å². The van der Waals surface area contributed by atoms with Crippen LogP contribution in [-0.2, 0) is 8.85 Å². The van der Waals surface area contributed by atoms with Crippen LogP contribution >= 0.6 is 0 Å². The zero-order chi connectivity index (χ0) is 12.8. The first-order valence-electron chi connectivity index (χ1n) is 6.81. The van der Waals surface area contributed by atoms with Gasteiger partial charge in [0.25, 0.3) is 0 Å². The molecule has 0 fully saturated rings. The van der Waals surface area contributed by atoms with E-state index in [1.54, 1.807) is 14.2 Å². The van der Waals surface area contributed by atoms with Crippen LogP contribution in [0.5, 0.6) is 0 Å². The molecule has 17 heavy (non-hydrogen) atoms. The van der Waals surface area contributed by atoms with Crippen LogP contribution in [0.4, 0.5) is 0 Å². The van der Waals surface area contributed by atoms with Crippen molar-refractivity contribution in [3.05, 3.63) is 0 Å². The largest absolute Gasteiger partial charge is 0.400 e. The number of nitrogens with two attached hydrogens (primary N) is 1. The van der Waals surface area contributed by atoms with Crippen molar-refractivity contribution in [3.63, 3.8) is 0 Å². The van der Waals surface area contributed by atoms with Gasteiger partial charge in [-0.05, 0) is 44.9 Å². The van der Waals surface area contributed by atoms with Gasteiger partial charge < -0.3 is 19.9 Å². The Kier molecular flexibility index (Phi) is 14.2. The molecule has 0 unspecified atom stereocenters. The van der Waals surface area contributed by atoms with E-state index >= 15 is 0 Å². The van der Waals surface area contributed by atoms with E-state index in [-0.39, 0.29) is 0 Å². The molecule has 4 nitrogen and oxygen atoms in total. The normalized spacial score (nSPS) is 11.3. The van der Waals surface area contributed by atoms with Crippen molar-refractivity contribution < 1.29 is 8.85 Å². The van der Waals surface area contributed by atoms with Crippen LogP contribution in [0.25, 0.3) is 0 Å². The Morgan fingerprint density at radius 1 is 0.882 bits per heavy atom. The molecule has 0 atom stereocenters. The highest BCUT2D eigenvalue weighted by Crippen LogP contribution is 2.02. The Hall–Kier alpha value is 0.0569. The highest BCUT2D eigenvalue weighted by Gasteiger charge is 2.07. The van der Waals surface area contributed by atoms with Crippen LogP contribution in [0, 0.1) is 0 Å². The van der Waals surface area contributed by atoms with E-state index in [1.165, 1.54) is 38.5 Å². The number of hydrogen-bond donors (Lipinski definition) is 2. The maximum atomic E-state index is 5.44. The Morgan fingerprint density at radius 3 is 2.06 bits per heavy atom. The highest BCUT2D eigenvalue weighted by atomic mass is 28.3. The summed E-state index contributed by atoms with van der Waals surface area (Å²) >= 11 is 0. The zero-order valence-corrected chi connectivity index (χ0v) is 12.7. The molecule has 104 valence electrons. The molecule has 0 bridgehead atoms. The molecular formula is C12H30N2O2Si. The molecule has 5 heteroatoms. The zero-order valence-electron chi connectivity index (χ0n) is 11.5. The van der Waals surface area contributed by atoms with Gasteiger partial charge in [-0.25, -0.2) is 0 Å². The number of hydrogen-bond acceptors (Lipinski definition) is 4. The highest BCUT2D eigenvalue weighted by molar-refractivity contribution is 6.44. The molecular weight excluding hydrogens is 232 g/mol. The van der Waals surface area contributed by atoms with Crippen LogP contribution in [0.3, 0.4) is 0 Å². The second kappa shape index (κ2) is 14.1. The van der Waals surface area contributed by atoms with Gasteiger partial charge in [-0.2, -0.15) is 0 Å². The van der Waals surface area contributed by atoms with Crippen LogP contribution < -0.4 is 11.1 Å². The SMILES string of the molecule is CO[SiH](CCCCNCCCCCCN)OC. The quantitative estimate of drug-likeness (QED) is 0.389. The Balaban J connectivity index is 3.03. The van der Waals surface area contributed by atoms with Crippen molar-refractivity contribution in [1.82, 2.24) is 5.32 Å². The van der Waals surface area contributed by atoms with Crippen molar-refractivity contribution in [2.45, 2.75) is 44.6 Å². The standard InChI is InChI=1S/C12H30N2O2Si/c1-15-17(16-2)12-8-7-11-14-10-6-4-3-5-9-13/h14,17H,3-13H2,1-2H3. The van der Waals surface area contributed by atoms with Crippen LogP contribution in [-0.4, -0.2) is 43.1 Å². The van der Waals surface area contributed by atoms with E-state index in [0.29, 0.717) is 0 Å². The van der Waals surface area contributed by atoms with Crippen molar-refractivity contribution in [3.8, 4) is 0 Å². The predicted octanol–water partition coefficient (Wildman–Crippen LogP) is 1.39. The van der Waals surface area contributed by atoms with E-state index in [4.69, 9.17) is 14.6 Å². The van der Waals surface area contributed by atoms with Crippen molar-refractivity contribution in [2.24, 2.45) is 5.73 Å². The third-order valence-electron chi connectivity index (χ3n) is 2.88. The lowest BCUT2D eigenvalue weighted by molar-refractivity contribution is 0.276. The second-order valence-corrected chi connectivity index (χ2v) is 6.73. The van der Waals surface area contributed by atoms with Gasteiger partial charge in [0, 0.05) is 14.2 Å². The first kappa shape index (κ1) is 17.1. The van der Waals surface area contributed by atoms with E-state index in [0.717, 1.165) is 25.7 Å². The Bertz CT molecular complexity index is 146. The third-order valence-corrected chi connectivity index (χ3v) is 4.81. The molecule has 0 heterocycles. The number of nitrogens with one attached hydrogen (secondary N) is 1. The fourth-order valence-electron chi connectivity index (χ4n) is 1.77. The molecule has 0 aromatic rings. The molecule has 0 aromatic carbocycles. The molecule has 0 aliphatic carbocycles. The average molecular weight is 262 g/mol. The fraction of sp³-hybridized carbons (Fsp3) is 1.00. The lowest BCUT2D eigenvalue weighted by Crippen LogP contribution is -2.20. The van der Waals surface area contributed by atoms with Gasteiger partial charge in [0.2, 0.25) is 0 Å². The van der Waals surface area contributed by atoms with E-state index in [9.17, 15) is 0 Å². The Morgan fingerprint density at radius 2 is 1.47 bits per heavy atom. The lowest BCUT2D eigenvalue weighted by Gasteiger charge is -2.10. The molecule has 0 aliphatic rings. The molecule has 0 aliphatic heterocycles. The van der Waals surface area contributed by atoms with Gasteiger partial charge in [-0.1, -0.05) is 19.3 Å². The van der Waals surface area contributed by atoms with Gasteiger partial charge in [0.05, 0.1) is 0 Å². The summed E-state index contributed by atoms with van der Waals surface area (Å²) in [4.78, 5) is 0. The molecule has 3 N–H and O–H groups in total. The number of rotatable bonds is 13. The summed E-state index contributed by atoms with van der Waals surface area (Å²) in [6, 6.07) is 1.12. The van der Waals surface area contributed by atoms with Gasteiger partial charge >= 0.3 is 9.28 Å². The minimum absolute atomic E-state index is 0.831. The molecule has 0 saturated carbocycles. The second-order valence-electron chi connectivity index (χ2n) is 4.35. The summed E-state index contributed by atoms with van der Waals surface area (Å²) in [6.45, 7) is 3.09. The summed E-state index contributed by atoms with van der Waals surface area (Å²) < 4.78 is 10.5. The summed E-state index contributed by atoms with van der Waals surface area (Å²) in [7, 11) is 2.19. The maximum Gasteiger partial charge on any atom is 0.320 e. The summed E-state index contributed by atoms with van der Waals surface area (Å²) in [5.41, 5.74) is 5.44. The first-order chi connectivity index (χ1) is 8.35. The van der Waals surface area contributed by atoms with Gasteiger partial charge in [0.1, 0.15) is 0 Å². The van der Waals surface area contributed by atoms with Crippen LogP contribution in [0.15, 0.2) is 0 Å². The molecule has 0 spiro atoms. The molecule has 0 radical (unpaired) electrons. The maximum absolute atomic E-state index is 5.44. The summed E-state index contributed by atoms with van der Waals surface area (Å²) in [6.07, 6.45) is 7.44. The molecule has 0 rings (SSSR count). The minimum Gasteiger partial charge on any atom is -0.400 e. The van der Waals surface area contributed by atoms with Crippen molar-refractivity contribution in [2.75, 3.05) is 33.9 Å². The average Bonchev–Trinajstić information content (AvgIpc) is 2.36. The van der Waals surface area contributed by atoms with E-state index < -0.39 is 9.28 Å². The smallest absolute Gasteiger partial charge is 0.320 e. The van der Waals surface area contributed by atoms with Gasteiger partial charge in [-0.3, -0.25) is 0 Å². The first-order valence-corrected chi connectivity index (χ1v) is 8.57. The molecule has 0 aromatic heterocycles. The minimum atomic E-state index is -1.31. The number of unbranched alkanes of at least 4 members (excludes halogenated alkanes) is 4. The van der Waals surface area contributed by atoms with E-state index in [1.807, 2.05) is 0 Å². The third kappa shape index (κ3) is 12.3. The van der Waals surface area contributed by atoms with Crippen LogP contribution in [0.1, 0.15) is 38.5 Å². The van der Waals surface area contributed by atoms with Gasteiger partial charge in [0.15, 0.2) is 0 Å². The van der Waals surface area contributed by atoms with Crippen molar-refractivity contribution in [1.29, 1.82) is 0 Å². The summed E-state index contributed by atoms with van der Waals surface area (Å²) in [5, 5.41) is 3.47. The van der Waals surface area contributed by atoms with Gasteiger partial charge in [-0.15, -0.1) is 0 Å². The van der Waals surface area contributed by atoms with E-state index in [2.05, 4.69) is 5.32 Å². The summed E-state index contributed by atoms with van der Waals surface area (Å²) in [5.74, 6) is 0. The monoisotopic (exact) mass is 262 g/mol.